The van der Waals surface area contributed by atoms with Crippen LogP contribution in [0.3, 0.4) is 0 Å². The molecule has 0 atom stereocenters. The van der Waals surface area contributed by atoms with Gasteiger partial charge in [-0.15, -0.1) is 0 Å². The number of halogens is 2. The van der Waals surface area contributed by atoms with Gasteiger partial charge in [0.05, 0.1) is 9.92 Å². The Morgan fingerprint density at radius 2 is 2.10 bits per heavy atom. The first-order valence-corrected chi connectivity index (χ1v) is 7.42. The Morgan fingerprint density at radius 3 is 2.75 bits per heavy atom. The maximum atomic E-state index is 13.3. The quantitative estimate of drug-likeness (QED) is 0.905. The number of anilines is 1. The van der Waals surface area contributed by atoms with E-state index in [2.05, 4.69) is 9.71 Å². The fourth-order valence-electron chi connectivity index (χ4n) is 1.52. The molecule has 0 spiro atoms. The number of nitrogens with zero attached hydrogens (tertiary/aromatic N) is 1. The molecule has 2 rings (SSSR count). The molecule has 8 heteroatoms. The molecule has 0 aliphatic heterocycles. The van der Waals surface area contributed by atoms with Gasteiger partial charge in [0, 0.05) is 18.3 Å². The lowest BCUT2D eigenvalue weighted by molar-refractivity contribution is 0.596. The number of sulfonamides is 1. The number of nitrogens with one attached hydrogen (secondary N) is 1. The lowest BCUT2D eigenvalue weighted by Gasteiger charge is -2.09. The van der Waals surface area contributed by atoms with Gasteiger partial charge in [-0.2, -0.15) is 0 Å². The molecule has 2 aromatic rings. The summed E-state index contributed by atoms with van der Waals surface area (Å²) in [6, 6.07) is 6.45. The molecule has 0 unspecified atom stereocenters. The fourth-order valence-corrected chi connectivity index (χ4v) is 2.83. The van der Waals surface area contributed by atoms with Crippen molar-refractivity contribution in [3.05, 3.63) is 52.9 Å². The fraction of sp³-hybridized carbons (Fsp3) is 0.0833. The van der Waals surface area contributed by atoms with Gasteiger partial charge < -0.3 is 5.73 Å². The van der Waals surface area contributed by atoms with Crippen molar-refractivity contribution in [3.8, 4) is 0 Å². The highest BCUT2D eigenvalue weighted by molar-refractivity contribution is 7.92. The first-order valence-electron chi connectivity index (χ1n) is 5.56. The molecular formula is C12H11ClFN3O2S. The number of benzene rings is 1. The molecule has 0 bridgehead atoms. The number of rotatable bonds is 4. The van der Waals surface area contributed by atoms with Crippen molar-refractivity contribution in [1.29, 1.82) is 0 Å². The van der Waals surface area contributed by atoms with E-state index in [4.69, 9.17) is 17.3 Å². The van der Waals surface area contributed by atoms with Crippen molar-refractivity contribution in [2.45, 2.75) is 11.4 Å². The molecule has 0 saturated heterocycles. The lowest BCUT2D eigenvalue weighted by atomic mass is 10.2. The molecular weight excluding hydrogens is 305 g/mol. The van der Waals surface area contributed by atoms with Gasteiger partial charge in [-0.25, -0.2) is 17.8 Å². The topological polar surface area (TPSA) is 85.1 Å². The molecule has 1 aromatic carbocycles. The molecule has 0 radical (unpaired) electrons. The summed E-state index contributed by atoms with van der Waals surface area (Å²) in [5, 5.41) is 0.164. The normalized spacial score (nSPS) is 11.3. The number of pyridine rings is 1. The van der Waals surface area contributed by atoms with Crippen LogP contribution in [0.2, 0.25) is 5.02 Å². The molecule has 1 heterocycles. The van der Waals surface area contributed by atoms with Crippen LogP contribution in [0.15, 0.2) is 41.4 Å². The van der Waals surface area contributed by atoms with Crippen LogP contribution >= 0.6 is 11.6 Å². The summed E-state index contributed by atoms with van der Waals surface area (Å²) in [7, 11) is -3.90. The SMILES string of the molecule is NCc1cc(S(=O)(=O)Nc2ncccc2Cl)ccc1F. The van der Waals surface area contributed by atoms with E-state index >= 15 is 0 Å². The average molecular weight is 316 g/mol. The van der Waals surface area contributed by atoms with Crippen LogP contribution < -0.4 is 10.5 Å². The Kier molecular flexibility index (Phi) is 4.22. The van der Waals surface area contributed by atoms with Gasteiger partial charge in [-0.3, -0.25) is 4.72 Å². The summed E-state index contributed by atoms with van der Waals surface area (Å²) in [6.07, 6.45) is 1.40. The van der Waals surface area contributed by atoms with E-state index in [0.29, 0.717) is 0 Å². The van der Waals surface area contributed by atoms with E-state index in [1.807, 2.05) is 0 Å². The highest BCUT2D eigenvalue weighted by atomic mass is 35.5. The second kappa shape index (κ2) is 5.74. The average Bonchev–Trinajstić information content (AvgIpc) is 2.41. The first kappa shape index (κ1) is 14.7. The summed E-state index contributed by atoms with van der Waals surface area (Å²) < 4.78 is 39.9. The highest BCUT2D eigenvalue weighted by Gasteiger charge is 2.18. The Bertz CT molecular complexity index is 737. The zero-order valence-corrected chi connectivity index (χ0v) is 11.7. The van der Waals surface area contributed by atoms with Gasteiger partial charge in [0.15, 0.2) is 5.82 Å². The van der Waals surface area contributed by atoms with Gasteiger partial charge in [-0.1, -0.05) is 11.6 Å². The molecule has 3 N–H and O–H groups in total. The summed E-state index contributed by atoms with van der Waals surface area (Å²) >= 11 is 5.83. The van der Waals surface area contributed by atoms with Crippen LogP contribution in [0.5, 0.6) is 0 Å². The zero-order chi connectivity index (χ0) is 14.8. The molecule has 106 valence electrons. The maximum Gasteiger partial charge on any atom is 0.263 e. The summed E-state index contributed by atoms with van der Waals surface area (Å²) in [6.45, 7) is -0.0977. The highest BCUT2D eigenvalue weighted by Crippen LogP contribution is 2.22. The number of hydrogen-bond acceptors (Lipinski definition) is 4. The minimum absolute atomic E-state index is 0.00721. The third kappa shape index (κ3) is 3.06. The molecule has 0 aliphatic carbocycles. The summed E-state index contributed by atoms with van der Waals surface area (Å²) in [4.78, 5) is 3.72. The van der Waals surface area contributed by atoms with Crippen molar-refractivity contribution in [2.24, 2.45) is 5.73 Å². The second-order valence-corrected chi connectivity index (χ2v) is 5.99. The Morgan fingerprint density at radius 1 is 1.35 bits per heavy atom. The molecule has 5 nitrogen and oxygen atoms in total. The summed E-state index contributed by atoms with van der Waals surface area (Å²) in [5.74, 6) is -0.546. The Hall–Kier alpha value is -1.70. The Balaban J connectivity index is 2.38. The number of aromatic nitrogens is 1. The van der Waals surface area contributed by atoms with Gasteiger partial charge in [0.2, 0.25) is 0 Å². The Labute approximate surface area is 120 Å². The summed E-state index contributed by atoms with van der Waals surface area (Å²) in [5.41, 5.74) is 5.46. The molecule has 0 amide bonds. The van der Waals surface area contributed by atoms with E-state index in [1.165, 1.54) is 18.3 Å². The van der Waals surface area contributed by atoms with E-state index in [-0.39, 0.29) is 27.8 Å². The van der Waals surface area contributed by atoms with Gasteiger partial charge in [-0.05, 0) is 30.3 Å². The zero-order valence-electron chi connectivity index (χ0n) is 10.2. The molecule has 0 aliphatic rings. The van der Waals surface area contributed by atoms with Crippen LogP contribution in [0.25, 0.3) is 0 Å². The van der Waals surface area contributed by atoms with Crippen molar-refractivity contribution < 1.29 is 12.8 Å². The van der Waals surface area contributed by atoms with E-state index in [9.17, 15) is 12.8 Å². The number of nitrogens with two attached hydrogens (primary N) is 1. The van der Waals surface area contributed by atoms with Crippen LogP contribution in [0, 0.1) is 5.82 Å². The minimum atomic E-state index is -3.90. The molecule has 1 aromatic heterocycles. The second-order valence-electron chi connectivity index (χ2n) is 3.90. The van der Waals surface area contributed by atoms with Crippen molar-refractivity contribution in [2.75, 3.05) is 4.72 Å². The van der Waals surface area contributed by atoms with E-state index in [0.717, 1.165) is 12.1 Å². The third-order valence-corrected chi connectivity index (χ3v) is 4.18. The molecule has 0 fully saturated rings. The maximum absolute atomic E-state index is 13.3. The van der Waals surface area contributed by atoms with Crippen molar-refractivity contribution in [1.82, 2.24) is 4.98 Å². The molecule has 20 heavy (non-hydrogen) atoms. The van der Waals surface area contributed by atoms with Crippen LogP contribution in [-0.4, -0.2) is 13.4 Å². The van der Waals surface area contributed by atoms with Gasteiger partial charge in [0.1, 0.15) is 5.82 Å². The number of hydrogen-bond donors (Lipinski definition) is 2. The standard InChI is InChI=1S/C12H11ClFN3O2S/c13-10-2-1-5-16-12(10)17-20(18,19)9-3-4-11(14)8(6-9)7-15/h1-6H,7,15H2,(H,16,17). The van der Waals surface area contributed by atoms with Crippen molar-refractivity contribution >= 4 is 27.4 Å². The third-order valence-electron chi connectivity index (χ3n) is 2.54. The minimum Gasteiger partial charge on any atom is -0.326 e. The van der Waals surface area contributed by atoms with Crippen molar-refractivity contribution in [3.63, 3.8) is 0 Å². The van der Waals surface area contributed by atoms with E-state index < -0.39 is 15.8 Å². The monoisotopic (exact) mass is 315 g/mol. The van der Waals surface area contributed by atoms with Gasteiger partial charge in [0.25, 0.3) is 10.0 Å². The molecule has 0 saturated carbocycles. The van der Waals surface area contributed by atoms with E-state index in [1.54, 1.807) is 6.07 Å². The smallest absolute Gasteiger partial charge is 0.263 e. The largest absolute Gasteiger partial charge is 0.326 e. The predicted octanol–water partition coefficient (Wildman–Crippen LogP) is 2.13. The first-order chi connectivity index (χ1) is 9.44. The van der Waals surface area contributed by atoms with Gasteiger partial charge >= 0.3 is 0 Å². The van der Waals surface area contributed by atoms with Crippen LogP contribution in [-0.2, 0) is 16.6 Å². The van der Waals surface area contributed by atoms with Crippen LogP contribution in [0.4, 0.5) is 10.2 Å². The predicted molar refractivity (Wildman–Crippen MR) is 74.3 cm³/mol. The lowest BCUT2D eigenvalue weighted by Crippen LogP contribution is -2.15. The van der Waals surface area contributed by atoms with Crippen LogP contribution in [0.1, 0.15) is 5.56 Å².